The molecule has 0 spiro atoms. The second-order valence-corrected chi connectivity index (χ2v) is 8.22. The van der Waals surface area contributed by atoms with Crippen molar-refractivity contribution in [3.8, 4) is 17.4 Å². The molecule has 3 amide bonds. The number of ether oxygens (including phenoxy) is 2. The van der Waals surface area contributed by atoms with Crippen molar-refractivity contribution in [2.24, 2.45) is 0 Å². The van der Waals surface area contributed by atoms with Gasteiger partial charge < -0.3 is 19.7 Å². The monoisotopic (exact) mass is 483 g/mol. The Morgan fingerprint density at radius 2 is 1.85 bits per heavy atom. The van der Waals surface area contributed by atoms with Gasteiger partial charge in [-0.1, -0.05) is 29.8 Å². The summed E-state index contributed by atoms with van der Waals surface area (Å²) in [4.78, 5) is 27.4. The van der Waals surface area contributed by atoms with Gasteiger partial charge in [-0.2, -0.15) is 0 Å². The Morgan fingerprint density at radius 3 is 2.56 bits per heavy atom. The minimum atomic E-state index is -0.598. The highest BCUT2D eigenvalue weighted by atomic mass is 35.5. The van der Waals surface area contributed by atoms with E-state index in [1.165, 1.54) is 4.90 Å². The second-order valence-electron chi connectivity index (χ2n) is 7.83. The van der Waals surface area contributed by atoms with Crippen LogP contribution in [0.5, 0.6) is 17.4 Å². The molecule has 0 unspecified atom stereocenters. The van der Waals surface area contributed by atoms with Crippen molar-refractivity contribution in [3.05, 3.63) is 76.2 Å². The quantitative estimate of drug-likeness (QED) is 0.567. The highest BCUT2D eigenvalue weighted by Crippen LogP contribution is 2.33. The van der Waals surface area contributed by atoms with Crippen LogP contribution >= 0.6 is 11.6 Å². The predicted octanol–water partition coefficient (Wildman–Crippen LogP) is 4.10. The molecular formula is C23H19ClFN5O4. The second kappa shape index (κ2) is 9.14. The molecule has 0 bridgehead atoms. The van der Waals surface area contributed by atoms with Gasteiger partial charge >= 0.3 is 12.1 Å². The molecule has 2 aromatic carbocycles. The number of amides is 3. The number of benzene rings is 2. The van der Waals surface area contributed by atoms with Gasteiger partial charge in [0.1, 0.15) is 17.3 Å². The van der Waals surface area contributed by atoms with Crippen LogP contribution in [-0.2, 0) is 19.6 Å². The lowest BCUT2D eigenvalue weighted by atomic mass is 10.1. The van der Waals surface area contributed by atoms with E-state index in [0.717, 1.165) is 5.56 Å². The number of nitrogens with one attached hydrogen (secondary N) is 1. The highest BCUT2D eigenvalue weighted by Gasteiger charge is 2.27. The van der Waals surface area contributed by atoms with E-state index < -0.39 is 11.9 Å². The molecule has 0 atom stereocenters. The van der Waals surface area contributed by atoms with Crippen LogP contribution in [0.3, 0.4) is 0 Å². The van der Waals surface area contributed by atoms with E-state index >= 15 is 4.39 Å². The Bertz CT molecular complexity index is 1260. The smallest absolute Gasteiger partial charge is 0.415 e. The molecule has 1 fully saturated rings. The standard InChI is InChI=1S/C23H19ClFN5O4/c24-19-6-7-20(28-27-19)33-17-5-4-14-11-30(23(32)34-18(14)10-17)13-16-3-1-2-15(21(16)25)12-29-9-8-26-22(29)31/h1-7,10H,8-9,11-13H2,(H,26,31). The first-order chi connectivity index (χ1) is 16.5. The van der Waals surface area contributed by atoms with Crippen molar-refractivity contribution in [1.82, 2.24) is 25.3 Å². The first kappa shape index (κ1) is 21.9. The number of carbonyl (C=O) groups excluding carboxylic acids is 2. The van der Waals surface area contributed by atoms with Crippen LogP contribution in [-0.4, -0.2) is 45.2 Å². The summed E-state index contributed by atoms with van der Waals surface area (Å²) in [6.45, 7) is 1.50. The van der Waals surface area contributed by atoms with Crippen LogP contribution < -0.4 is 14.8 Å². The Kier molecular flexibility index (Phi) is 5.89. The first-order valence-corrected chi connectivity index (χ1v) is 10.9. The number of fused-ring (bicyclic) bond motifs is 1. The van der Waals surface area contributed by atoms with E-state index in [-0.39, 0.29) is 36.7 Å². The van der Waals surface area contributed by atoms with Gasteiger partial charge in [-0.15, -0.1) is 10.2 Å². The summed E-state index contributed by atoms with van der Waals surface area (Å²) in [5, 5.41) is 10.5. The van der Waals surface area contributed by atoms with E-state index in [9.17, 15) is 9.59 Å². The maximum atomic E-state index is 15.1. The molecule has 3 heterocycles. The van der Waals surface area contributed by atoms with Crippen LogP contribution in [0.1, 0.15) is 16.7 Å². The molecule has 0 radical (unpaired) electrons. The summed E-state index contributed by atoms with van der Waals surface area (Å²) in [6.07, 6.45) is -0.598. The van der Waals surface area contributed by atoms with Gasteiger partial charge in [0.15, 0.2) is 5.15 Å². The Labute approximate surface area is 199 Å². The molecular weight excluding hydrogens is 465 g/mol. The van der Waals surface area contributed by atoms with E-state index in [2.05, 4.69) is 15.5 Å². The van der Waals surface area contributed by atoms with Crippen molar-refractivity contribution in [3.63, 3.8) is 0 Å². The molecule has 0 saturated carbocycles. The van der Waals surface area contributed by atoms with Crippen LogP contribution in [0.4, 0.5) is 14.0 Å². The molecule has 5 rings (SSSR count). The van der Waals surface area contributed by atoms with Crippen LogP contribution in [0.25, 0.3) is 0 Å². The van der Waals surface area contributed by atoms with Gasteiger partial charge in [0.05, 0.1) is 19.6 Å². The number of nitrogens with zero attached hydrogens (tertiary/aromatic N) is 4. The third kappa shape index (κ3) is 4.58. The van der Waals surface area contributed by atoms with Gasteiger partial charge in [-0.3, -0.25) is 4.90 Å². The zero-order valence-corrected chi connectivity index (χ0v) is 18.6. The van der Waals surface area contributed by atoms with E-state index in [1.54, 1.807) is 53.4 Å². The lowest BCUT2D eigenvalue weighted by Gasteiger charge is -2.28. The predicted molar refractivity (Wildman–Crippen MR) is 119 cm³/mol. The summed E-state index contributed by atoms with van der Waals surface area (Å²) < 4.78 is 26.2. The van der Waals surface area contributed by atoms with Crippen LogP contribution in [0, 0.1) is 5.82 Å². The lowest BCUT2D eigenvalue weighted by molar-refractivity contribution is 0.134. The zero-order valence-electron chi connectivity index (χ0n) is 17.8. The Morgan fingerprint density at radius 1 is 1.06 bits per heavy atom. The number of carbonyl (C=O) groups is 2. The molecule has 9 nitrogen and oxygen atoms in total. The highest BCUT2D eigenvalue weighted by molar-refractivity contribution is 6.29. The van der Waals surface area contributed by atoms with Crippen LogP contribution in [0.2, 0.25) is 5.15 Å². The number of aromatic nitrogens is 2. The van der Waals surface area contributed by atoms with Gasteiger partial charge in [-0.25, -0.2) is 14.0 Å². The molecule has 0 aliphatic carbocycles. The molecule has 174 valence electrons. The SMILES string of the molecule is O=C1NCCN1Cc1cccc(CN2Cc3ccc(Oc4ccc(Cl)nn4)cc3OC2=O)c1F. The average Bonchev–Trinajstić information content (AvgIpc) is 3.23. The van der Waals surface area contributed by atoms with Crippen molar-refractivity contribution in [1.29, 1.82) is 0 Å². The summed E-state index contributed by atoms with van der Waals surface area (Å²) in [5.41, 5.74) is 1.49. The number of rotatable bonds is 6. The summed E-state index contributed by atoms with van der Waals surface area (Å²) in [6, 6.07) is 13.0. The van der Waals surface area contributed by atoms with E-state index in [0.29, 0.717) is 35.7 Å². The fourth-order valence-electron chi connectivity index (χ4n) is 3.80. The lowest BCUT2D eigenvalue weighted by Crippen LogP contribution is -2.36. The van der Waals surface area contributed by atoms with Crippen molar-refractivity contribution >= 4 is 23.7 Å². The normalized spacial score (nSPS) is 15.1. The molecule has 1 aromatic heterocycles. The molecule has 34 heavy (non-hydrogen) atoms. The largest absolute Gasteiger partial charge is 0.437 e. The molecule has 2 aliphatic heterocycles. The van der Waals surface area contributed by atoms with Gasteiger partial charge in [-0.05, 0) is 18.2 Å². The molecule has 11 heteroatoms. The van der Waals surface area contributed by atoms with Crippen molar-refractivity contribution in [2.45, 2.75) is 19.6 Å². The fourth-order valence-corrected chi connectivity index (χ4v) is 3.90. The van der Waals surface area contributed by atoms with Gasteiger partial charge in [0.25, 0.3) is 0 Å². The third-order valence-electron chi connectivity index (χ3n) is 5.51. The Balaban J connectivity index is 1.29. The Hall–Kier alpha value is -3.92. The molecule has 1 N–H and O–H groups in total. The summed E-state index contributed by atoms with van der Waals surface area (Å²) >= 11 is 5.73. The number of halogens is 2. The fraction of sp³-hybridized carbons (Fsp3) is 0.217. The maximum absolute atomic E-state index is 15.1. The maximum Gasteiger partial charge on any atom is 0.415 e. The van der Waals surface area contributed by atoms with Gasteiger partial charge in [0, 0.05) is 41.9 Å². The summed E-state index contributed by atoms with van der Waals surface area (Å²) in [5.74, 6) is 0.583. The number of urea groups is 1. The average molecular weight is 484 g/mol. The van der Waals surface area contributed by atoms with Crippen LogP contribution in [0.15, 0.2) is 48.5 Å². The van der Waals surface area contributed by atoms with Crippen molar-refractivity contribution in [2.75, 3.05) is 13.1 Å². The van der Waals surface area contributed by atoms with E-state index in [1.807, 2.05) is 0 Å². The number of hydrogen-bond acceptors (Lipinski definition) is 6. The number of hydrogen-bond donors (Lipinski definition) is 1. The molecule has 3 aromatic rings. The molecule has 1 saturated heterocycles. The first-order valence-electron chi connectivity index (χ1n) is 10.5. The third-order valence-corrected chi connectivity index (χ3v) is 5.71. The van der Waals surface area contributed by atoms with Gasteiger partial charge in [0.2, 0.25) is 5.88 Å². The summed E-state index contributed by atoms with van der Waals surface area (Å²) in [7, 11) is 0. The zero-order chi connectivity index (χ0) is 23.7. The topological polar surface area (TPSA) is 96.9 Å². The minimum Gasteiger partial charge on any atom is -0.437 e. The van der Waals surface area contributed by atoms with E-state index in [4.69, 9.17) is 21.1 Å². The molecule has 2 aliphatic rings. The minimum absolute atomic E-state index is 0.0305. The van der Waals surface area contributed by atoms with Crippen molar-refractivity contribution < 1.29 is 23.5 Å².